The Morgan fingerprint density at radius 3 is 3.16 bits per heavy atom. The van der Waals surface area contributed by atoms with Crippen LogP contribution in [0.3, 0.4) is 0 Å². The lowest BCUT2D eigenvalue weighted by molar-refractivity contribution is 0.936. The van der Waals surface area contributed by atoms with Crippen LogP contribution in [-0.4, -0.2) is 14.6 Å². The number of H-pyrrole nitrogens is 1. The van der Waals surface area contributed by atoms with Gasteiger partial charge in [-0.3, -0.25) is 4.79 Å². The minimum Gasteiger partial charge on any atom is -0.326 e. The van der Waals surface area contributed by atoms with Gasteiger partial charge in [-0.15, -0.1) is 11.3 Å². The highest BCUT2D eigenvalue weighted by Gasteiger charge is 2.10. The van der Waals surface area contributed by atoms with Crippen molar-refractivity contribution in [1.82, 2.24) is 14.6 Å². The summed E-state index contributed by atoms with van der Waals surface area (Å²) in [6.07, 6.45) is 5.07. The van der Waals surface area contributed by atoms with Crippen molar-refractivity contribution in [3.05, 3.63) is 58.6 Å². The van der Waals surface area contributed by atoms with Crippen LogP contribution in [0, 0.1) is 0 Å². The number of thiophene rings is 1. The zero-order chi connectivity index (χ0) is 12.8. The van der Waals surface area contributed by atoms with E-state index >= 15 is 0 Å². The summed E-state index contributed by atoms with van der Waals surface area (Å²) in [4.78, 5) is 14.6. The molecule has 0 aliphatic heterocycles. The molecule has 4 aromatic rings. The summed E-state index contributed by atoms with van der Waals surface area (Å²) in [5.41, 5.74) is 2.32. The zero-order valence-corrected chi connectivity index (χ0v) is 10.6. The molecule has 0 radical (unpaired) electrons. The molecule has 0 saturated heterocycles. The van der Waals surface area contributed by atoms with E-state index in [4.69, 9.17) is 0 Å². The second-order valence-electron chi connectivity index (χ2n) is 4.31. The van der Waals surface area contributed by atoms with Crippen LogP contribution in [0.4, 0.5) is 0 Å². The topological polar surface area (TPSA) is 50.2 Å². The second-order valence-corrected chi connectivity index (χ2v) is 5.26. The van der Waals surface area contributed by atoms with Crippen LogP contribution in [0.1, 0.15) is 0 Å². The lowest BCUT2D eigenvalue weighted by Gasteiger charge is -1.99. The molecule has 5 heteroatoms. The first kappa shape index (κ1) is 10.5. The van der Waals surface area contributed by atoms with Crippen LogP contribution in [0.25, 0.3) is 26.7 Å². The highest BCUT2D eigenvalue weighted by atomic mass is 32.1. The zero-order valence-electron chi connectivity index (χ0n) is 9.83. The normalized spacial score (nSPS) is 11.4. The number of hydrogen-bond acceptors (Lipinski definition) is 3. The smallest absolute Gasteiger partial charge is 0.274 e. The summed E-state index contributed by atoms with van der Waals surface area (Å²) < 4.78 is 2.85. The van der Waals surface area contributed by atoms with E-state index in [0.29, 0.717) is 5.52 Å². The molecular formula is C14H9N3OS. The second kappa shape index (κ2) is 3.80. The molecule has 0 unspecified atom stereocenters. The summed E-state index contributed by atoms with van der Waals surface area (Å²) in [5, 5.41) is 7.48. The molecule has 4 nitrogen and oxygen atoms in total. The number of hydrogen-bond donors (Lipinski definition) is 1. The van der Waals surface area contributed by atoms with E-state index in [2.05, 4.69) is 33.7 Å². The third kappa shape index (κ3) is 1.52. The molecule has 4 rings (SSSR count). The molecule has 0 saturated carbocycles. The van der Waals surface area contributed by atoms with Crippen molar-refractivity contribution in [1.29, 1.82) is 0 Å². The molecule has 0 atom stereocenters. The van der Waals surface area contributed by atoms with Crippen molar-refractivity contribution >= 4 is 26.9 Å². The van der Waals surface area contributed by atoms with Gasteiger partial charge >= 0.3 is 0 Å². The van der Waals surface area contributed by atoms with Gasteiger partial charge in [0.05, 0.1) is 6.20 Å². The quantitative estimate of drug-likeness (QED) is 0.576. The Hall–Kier alpha value is -2.40. The van der Waals surface area contributed by atoms with Gasteiger partial charge in [0.1, 0.15) is 5.52 Å². The van der Waals surface area contributed by atoms with Crippen molar-refractivity contribution < 1.29 is 0 Å². The number of fused-ring (bicyclic) bond motifs is 2. The lowest BCUT2D eigenvalue weighted by atomic mass is 10.1. The average molecular weight is 267 g/mol. The standard InChI is InChI=1S/C14H9N3OS/c18-14-13-11(8-16-17(13)5-4-15-14)9-1-2-12-10(7-9)3-6-19-12/h1-8H,(H,15,18). The Morgan fingerprint density at radius 2 is 2.21 bits per heavy atom. The molecule has 0 aliphatic rings. The molecule has 1 aromatic carbocycles. The third-order valence-corrected chi connectivity index (χ3v) is 4.10. The maximum Gasteiger partial charge on any atom is 0.274 e. The fourth-order valence-electron chi connectivity index (χ4n) is 2.30. The first-order chi connectivity index (χ1) is 9.33. The van der Waals surface area contributed by atoms with E-state index in [1.807, 2.05) is 6.07 Å². The van der Waals surface area contributed by atoms with Gasteiger partial charge in [0.25, 0.3) is 5.56 Å². The van der Waals surface area contributed by atoms with Crippen molar-refractivity contribution in [2.45, 2.75) is 0 Å². The lowest BCUT2D eigenvalue weighted by Crippen LogP contribution is -2.08. The average Bonchev–Trinajstić information content (AvgIpc) is 3.04. The summed E-state index contributed by atoms with van der Waals surface area (Å²) in [6, 6.07) is 8.28. The van der Waals surface area contributed by atoms with Gasteiger partial charge in [-0.1, -0.05) is 6.07 Å². The Balaban J connectivity index is 2.06. The predicted octanol–water partition coefficient (Wildman–Crippen LogP) is 2.90. The maximum absolute atomic E-state index is 11.9. The molecule has 19 heavy (non-hydrogen) atoms. The summed E-state index contributed by atoms with van der Waals surface area (Å²) in [6.45, 7) is 0. The first-order valence-corrected chi connectivity index (χ1v) is 6.73. The van der Waals surface area contributed by atoms with E-state index in [1.165, 1.54) is 10.1 Å². The number of benzene rings is 1. The number of nitrogens with zero attached hydrogens (tertiary/aromatic N) is 2. The van der Waals surface area contributed by atoms with Crippen molar-refractivity contribution in [3.8, 4) is 11.1 Å². The van der Waals surface area contributed by atoms with E-state index in [0.717, 1.165) is 11.1 Å². The van der Waals surface area contributed by atoms with Crippen LogP contribution in [0.5, 0.6) is 0 Å². The molecule has 0 fully saturated rings. The molecule has 0 amide bonds. The van der Waals surface area contributed by atoms with E-state index in [1.54, 1.807) is 34.4 Å². The van der Waals surface area contributed by atoms with Gasteiger partial charge in [-0.05, 0) is 34.5 Å². The highest BCUT2D eigenvalue weighted by molar-refractivity contribution is 7.17. The van der Waals surface area contributed by atoms with Gasteiger partial charge in [-0.2, -0.15) is 5.10 Å². The van der Waals surface area contributed by atoms with Gasteiger partial charge in [0, 0.05) is 22.7 Å². The van der Waals surface area contributed by atoms with Crippen LogP contribution >= 0.6 is 11.3 Å². The van der Waals surface area contributed by atoms with Gasteiger partial charge in [0.15, 0.2) is 0 Å². The highest BCUT2D eigenvalue weighted by Crippen LogP contribution is 2.28. The maximum atomic E-state index is 11.9. The molecule has 3 aromatic heterocycles. The van der Waals surface area contributed by atoms with Crippen LogP contribution in [-0.2, 0) is 0 Å². The molecular weight excluding hydrogens is 258 g/mol. The minimum absolute atomic E-state index is 0.125. The van der Waals surface area contributed by atoms with Gasteiger partial charge in [-0.25, -0.2) is 4.52 Å². The fourth-order valence-corrected chi connectivity index (χ4v) is 3.07. The summed E-state index contributed by atoms with van der Waals surface area (Å²) >= 11 is 1.71. The number of aromatic nitrogens is 3. The Morgan fingerprint density at radius 1 is 1.26 bits per heavy atom. The van der Waals surface area contributed by atoms with Crippen molar-refractivity contribution in [2.24, 2.45) is 0 Å². The fraction of sp³-hybridized carbons (Fsp3) is 0. The largest absolute Gasteiger partial charge is 0.326 e. The number of nitrogens with one attached hydrogen (secondary N) is 1. The van der Waals surface area contributed by atoms with Gasteiger partial charge in [0.2, 0.25) is 0 Å². The van der Waals surface area contributed by atoms with Crippen molar-refractivity contribution in [3.63, 3.8) is 0 Å². The molecule has 92 valence electrons. The molecule has 3 heterocycles. The summed E-state index contributed by atoms with van der Waals surface area (Å²) in [5.74, 6) is 0. The van der Waals surface area contributed by atoms with Crippen LogP contribution in [0.2, 0.25) is 0 Å². The Kier molecular flexibility index (Phi) is 2.10. The Bertz CT molecular complexity index is 948. The predicted molar refractivity (Wildman–Crippen MR) is 76.6 cm³/mol. The molecule has 0 aliphatic carbocycles. The SMILES string of the molecule is O=c1[nH]ccn2ncc(-c3ccc4sccc4c3)c12. The van der Waals surface area contributed by atoms with E-state index in [9.17, 15) is 4.79 Å². The summed E-state index contributed by atoms with van der Waals surface area (Å²) in [7, 11) is 0. The Labute approximate surface area is 111 Å². The molecule has 0 bridgehead atoms. The molecule has 0 spiro atoms. The monoisotopic (exact) mass is 267 g/mol. The number of rotatable bonds is 1. The third-order valence-electron chi connectivity index (χ3n) is 3.20. The molecule has 1 N–H and O–H groups in total. The van der Waals surface area contributed by atoms with Crippen molar-refractivity contribution in [2.75, 3.05) is 0 Å². The van der Waals surface area contributed by atoms with Crippen LogP contribution in [0.15, 0.2) is 53.0 Å². The number of aromatic amines is 1. The first-order valence-electron chi connectivity index (χ1n) is 5.85. The van der Waals surface area contributed by atoms with Crippen LogP contribution < -0.4 is 5.56 Å². The van der Waals surface area contributed by atoms with Gasteiger partial charge < -0.3 is 4.98 Å². The van der Waals surface area contributed by atoms with E-state index in [-0.39, 0.29) is 5.56 Å². The minimum atomic E-state index is -0.125. The van der Waals surface area contributed by atoms with E-state index < -0.39 is 0 Å².